The van der Waals surface area contributed by atoms with Crippen LogP contribution in [0.5, 0.6) is 0 Å². The van der Waals surface area contributed by atoms with Gasteiger partial charge in [0, 0.05) is 50.4 Å². The van der Waals surface area contributed by atoms with Crippen LogP contribution in [0.4, 0.5) is 0 Å². The maximum Gasteiger partial charge on any atom is 0.258 e. The van der Waals surface area contributed by atoms with Crippen molar-refractivity contribution in [1.29, 1.82) is 5.26 Å². The van der Waals surface area contributed by atoms with Gasteiger partial charge in [0.05, 0.1) is 18.3 Å². The van der Waals surface area contributed by atoms with E-state index in [-0.39, 0.29) is 17.4 Å². The van der Waals surface area contributed by atoms with Crippen LogP contribution < -0.4 is 10.9 Å². The number of rotatable bonds is 6. The normalized spacial score (nSPS) is 18.1. The van der Waals surface area contributed by atoms with Gasteiger partial charge < -0.3 is 5.32 Å². The first kappa shape index (κ1) is 20.5. The summed E-state index contributed by atoms with van der Waals surface area (Å²) in [5.74, 6) is -0.0837. The Morgan fingerprint density at radius 1 is 1.36 bits per heavy atom. The van der Waals surface area contributed by atoms with Crippen molar-refractivity contribution in [3.8, 4) is 6.07 Å². The predicted octanol–water partition coefficient (Wildman–Crippen LogP) is 0.928. The summed E-state index contributed by atoms with van der Waals surface area (Å²) in [6, 6.07) is 3.80. The van der Waals surface area contributed by atoms with E-state index in [9.17, 15) is 14.9 Å². The third-order valence-corrected chi connectivity index (χ3v) is 6.12. The summed E-state index contributed by atoms with van der Waals surface area (Å²) in [5, 5.41) is 14.1. The Kier molecular flexibility index (Phi) is 6.13. The molecular weight excluding hydrogens is 376 g/mol. The molecule has 1 aliphatic heterocycles. The summed E-state index contributed by atoms with van der Waals surface area (Å²) in [5.41, 5.74) is -0.124. The molecule has 1 atom stereocenters. The second kappa shape index (κ2) is 8.39. The van der Waals surface area contributed by atoms with Gasteiger partial charge in [-0.15, -0.1) is 11.3 Å². The van der Waals surface area contributed by atoms with E-state index in [0.29, 0.717) is 18.1 Å². The molecule has 0 spiro atoms. The van der Waals surface area contributed by atoms with Gasteiger partial charge in [0.25, 0.3) is 5.56 Å². The zero-order valence-electron chi connectivity index (χ0n) is 16.5. The molecule has 0 saturated carbocycles. The van der Waals surface area contributed by atoms with E-state index < -0.39 is 5.54 Å². The van der Waals surface area contributed by atoms with Crippen LogP contribution >= 0.6 is 11.3 Å². The van der Waals surface area contributed by atoms with Crippen molar-refractivity contribution < 1.29 is 4.79 Å². The molecule has 150 valence electrons. The summed E-state index contributed by atoms with van der Waals surface area (Å²) in [4.78, 5) is 34.0. The highest BCUT2D eigenvalue weighted by molar-refractivity contribution is 7.15. The maximum atomic E-state index is 12.3. The molecule has 1 unspecified atom stereocenters. The van der Waals surface area contributed by atoms with E-state index in [2.05, 4.69) is 26.2 Å². The molecule has 1 N–H and O–H groups in total. The Morgan fingerprint density at radius 2 is 2.04 bits per heavy atom. The van der Waals surface area contributed by atoms with E-state index in [1.807, 2.05) is 19.2 Å². The topological polar surface area (TPSA) is 93.7 Å². The van der Waals surface area contributed by atoms with Crippen LogP contribution in [-0.4, -0.2) is 63.4 Å². The summed E-state index contributed by atoms with van der Waals surface area (Å²) in [7, 11) is 0. The zero-order valence-corrected chi connectivity index (χ0v) is 17.3. The lowest BCUT2D eigenvalue weighted by Gasteiger charge is -2.35. The maximum absolute atomic E-state index is 12.3. The number of nitriles is 1. The van der Waals surface area contributed by atoms with Gasteiger partial charge >= 0.3 is 0 Å². The molecule has 0 radical (unpaired) electrons. The second-order valence-electron chi connectivity index (χ2n) is 7.71. The third-order valence-electron chi connectivity index (χ3n) is 5.36. The molecule has 1 fully saturated rings. The molecule has 8 nitrogen and oxygen atoms in total. The number of nitrogens with zero attached hydrogens (tertiary/aromatic N) is 5. The lowest BCUT2D eigenvalue weighted by atomic mass is 9.90. The lowest BCUT2D eigenvalue weighted by molar-refractivity contribution is -0.124. The van der Waals surface area contributed by atoms with Crippen LogP contribution in [0.25, 0.3) is 4.96 Å². The average Bonchev–Trinajstić information content (AvgIpc) is 3.12. The molecule has 1 amide bonds. The van der Waals surface area contributed by atoms with Crippen LogP contribution in [0.2, 0.25) is 0 Å². The fourth-order valence-corrected chi connectivity index (χ4v) is 3.88. The van der Waals surface area contributed by atoms with Crippen LogP contribution in [0.1, 0.15) is 26.5 Å². The quantitative estimate of drug-likeness (QED) is 0.773. The third kappa shape index (κ3) is 4.58. The zero-order chi connectivity index (χ0) is 20.3. The molecule has 3 heterocycles. The average molecular weight is 403 g/mol. The molecule has 28 heavy (non-hydrogen) atoms. The van der Waals surface area contributed by atoms with Gasteiger partial charge in [-0.3, -0.25) is 23.8 Å². The molecule has 1 saturated heterocycles. The van der Waals surface area contributed by atoms with Crippen LogP contribution in [0, 0.1) is 17.2 Å². The molecule has 1 aliphatic rings. The Morgan fingerprint density at radius 3 is 2.68 bits per heavy atom. The minimum atomic E-state index is -0.848. The van der Waals surface area contributed by atoms with E-state index >= 15 is 0 Å². The number of piperazine rings is 1. The molecule has 2 aromatic rings. The number of hydrogen-bond acceptors (Lipinski definition) is 7. The summed E-state index contributed by atoms with van der Waals surface area (Å²) in [6.45, 7) is 9.66. The largest absolute Gasteiger partial charge is 0.337 e. The van der Waals surface area contributed by atoms with Gasteiger partial charge in [0.1, 0.15) is 5.54 Å². The van der Waals surface area contributed by atoms with E-state index in [1.54, 1.807) is 23.6 Å². The highest BCUT2D eigenvalue weighted by Gasteiger charge is 2.30. The molecule has 0 bridgehead atoms. The summed E-state index contributed by atoms with van der Waals surface area (Å²) < 4.78 is 1.55. The molecule has 3 rings (SSSR count). The fourth-order valence-electron chi connectivity index (χ4n) is 3.14. The number of hydrogen-bond donors (Lipinski definition) is 1. The van der Waals surface area contributed by atoms with Crippen molar-refractivity contribution in [1.82, 2.24) is 24.5 Å². The van der Waals surface area contributed by atoms with E-state index in [0.717, 1.165) is 31.9 Å². The van der Waals surface area contributed by atoms with Gasteiger partial charge in [0.15, 0.2) is 4.96 Å². The first-order chi connectivity index (χ1) is 13.3. The molecule has 0 aliphatic carbocycles. The Balaban J connectivity index is 1.51. The number of aromatic nitrogens is 2. The smallest absolute Gasteiger partial charge is 0.258 e. The summed E-state index contributed by atoms with van der Waals surface area (Å²) in [6.07, 6.45) is 1.74. The summed E-state index contributed by atoms with van der Waals surface area (Å²) >= 11 is 1.45. The van der Waals surface area contributed by atoms with Gasteiger partial charge in [-0.1, -0.05) is 13.8 Å². The number of nitrogens with one attached hydrogen (secondary N) is 1. The van der Waals surface area contributed by atoms with Gasteiger partial charge in [-0.2, -0.15) is 5.26 Å². The fraction of sp³-hybridized carbons (Fsp3) is 0.579. The SMILES string of the molecule is CC(C)C(C)(C#N)NC(=O)CN1CCN(Cc2cc(=O)n3ccsc3n2)CC1. The molecular formula is C19H26N6O2S. The van der Waals surface area contributed by atoms with Crippen molar-refractivity contribution in [3.63, 3.8) is 0 Å². The lowest BCUT2D eigenvalue weighted by Crippen LogP contribution is -2.54. The minimum absolute atomic E-state index is 0.0375. The van der Waals surface area contributed by atoms with Crippen molar-refractivity contribution in [3.05, 3.63) is 33.7 Å². The van der Waals surface area contributed by atoms with Crippen molar-refractivity contribution >= 4 is 22.2 Å². The standard InChI is InChI=1S/C19H26N6O2S/c1-14(2)19(3,13-20)22-16(26)12-24-6-4-23(5-7-24)11-15-10-17(27)25-8-9-28-18(25)21-15/h8-10,14H,4-7,11-12H2,1-3H3,(H,22,26). The predicted molar refractivity (Wildman–Crippen MR) is 108 cm³/mol. The van der Waals surface area contributed by atoms with E-state index in [4.69, 9.17) is 0 Å². The highest BCUT2D eigenvalue weighted by atomic mass is 32.1. The van der Waals surface area contributed by atoms with Crippen molar-refractivity contribution in [2.75, 3.05) is 32.7 Å². The van der Waals surface area contributed by atoms with Crippen LogP contribution in [0.3, 0.4) is 0 Å². The number of thiazole rings is 1. The van der Waals surface area contributed by atoms with Crippen LogP contribution in [-0.2, 0) is 11.3 Å². The number of carbonyl (C=O) groups excluding carboxylic acids is 1. The molecule has 0 aromatic carbocycles. The van der Waals surface area contributed by atoms with Gasteiger partial charge in [-0.25, -0.2) is 4.98 Å². The molecule has 9 heteroatoms. The first-order valence-corrected chi connectivity index (χ1v) is 10.3. The highest BCUT2D eigenvalue weighted by Crippen LogP contribution is 2.15. The number of carbonyl (C=O) groups is 1. The Bertz CT molecular complexity index is 938. The second-order valence-corrected chi connectivity index (χ2v) is 8.58. The number of amides is 1. The minimum Gasteiger partial charge on any atom is -0.337 e. The number of fused-ring (bicyclic) bond motifs is 1. The molecule has 2 aromatic heterocycles. The Hall–Kier alpha value is -2.28. The van der Waals surface area contributed by atoms with Gasteiger partial charge in [0.2, 0.25) is 5.91 Å². The Labute approximate surface area is 168 Å². The monoisotopic (exact) mass is 402 g/mol. The first-order valence-electron chi connectivity index (χ1n) is 9.43. The van der Waals surface area contributed by atoms with Crippen molar-refractivity contribution in [2.45, 2.75) is 32.9 Å². The van der Waals surface area contributed by atoms with Gasteiger partial charge in [-0.05, 0) is 12.8 Å². The van der Waals surface area contributed by atoms with Crippen molar-refractivity contribution in [2.24, 2.45) is 5.92 Å². The van der Waals surface area contributed by atoms with Crippen LogP contribution in [0.15, 0.2) is 22.4 Å². The van der Waals surface area contributed by atoms with E-state index in [1.165, 1.54) is 11.3 Å².